The van der Waals surface area contributed by atoms with Crippen LogP contribution in [-0.2, 0) is 4.79 Å². The van der Waals surface area contributed by atoms with Gasteiger partial charge in [0.1, 0.15) is 6.17 Å². The molecule has 1 heterocycles. The van der Waals surface area contributed by atoms with Crippen LogP contribution in [0.25, 0.3) is 0 Å². The SMILES string of the molecule is CC(=O)O.NNC1NNC(=O)c2ccccc21. The monoisotopic (exact) mass is 238 g/mol. The highest BCUT2D eigenvalue weighted by molar-refractivity contribution is 5.96. The molecule has 0 fully saturated rings. The van der Waals surface area contributed by atoms with Gasteiger partial charge in [-0.05, 0) is 11.6 Å². The molecule has 1 aliphatic heterocycles. The van der Waals surface area contributed by atoms with Crippen molar-refractivity contribution < 1.29 is 14.7 Å². The molecule has 7 heteroatoms. The largest absolute Gasteiger partial charge is 0.481 e. The first-order valence-electron chi connectivity index (χ1n) is 4.86. The van der Waals surface area contributed by atoms with Gasteiger partial charge < -0.3 is 5.11 Å². The number of benzene rings is 1. The lowest BCUT2D eigenvalue weighted by Gasteiger charge is -2.25. The number of carbonyl (C=O) groups excluding carboxylic acids is 1. The number of hydrogen-bond acceptors (Lipinski definition) is 5. The van der Waals surface area contributed by atoms with Crippen molar-refractivity contribution in [3.05, 3.63) is 35.4 Å². The number of rotatable bonds is 1. The molecular formula is C10H14N4O3. The van der Waals surface area contributed by atoms with Gasteiger partial charge in [-0.3, -0.25) is 20.9 Å². The van der Waals surface area contributed by atoms with Crippen LogP contribution in [0.3, 0.4) is 0 Å². The van der Waals surface area contributed by atoms with Crippen molar-refractivity contribution in [3.8, 4) is 0 Å². The molecule has 0 aromatic heterocycles. The molecule has 1 aromatic carbocycles. The Kier molecular flexibility index (Phi) is 4.58. The van der Waals surface area contributed by atoms with Crippen LogP contribution in [0, 0.1) is 0 Å². The minimum atomic E-state index is -0.833. The van der Waals surface area contributed by atoms with Crippen molar-refractivity contribution in [2.24, 2.45) is 5.84 Å². The average molecular weight is 238 g/mol. The number of aliphatic carboxylic acids is 1. The molecule has 1 amide bonds. The standard InChI is InChI=1S/C8H10N4O.C2H4O2/c9-10-7-5-3-1-2-4-6(5)8(13)12-11-7;1-2(3)4/h1-4,7,10-11H,9H2,(H,12,13);1H3,(H,3,4). The van der Waals surface area contributed by atoms with E-state index in [1.54, 1.807) is 6.07 Å². The van der Waals surface area contributed by atoms with E-state index in [-0.39, 0.29) is 12.1 Å². The molecule has 2 rings (SSSR count). The van der Waals surface area contributed by atoms with Gasteiger partial charge in [0.15, 0.2) is 0 Å². The average Bonchev–Trinajstić information content (AvgIpc) is 2.29. The van der Waals surface area contributed by atoms with Crippen molar-refractivity contribution in [3.63, 3.8) is 0 Å². The number of hydrogen-bond donors (Lipinski definition) is 5. The van der Waals surface area contributed by atoms with Crippen molar-refractivity contribution in [1.29, 1.82) is 0 Å². The zero-order valence-corrected chi connectivity index (χ0v) is 9.23. The Hall–Kier alpha value is -1.96. The van der Waals surface area contributed by atoms with Gasteiger partial charge in [-0.25, -0.2) is 10.9 Å². The van der Waals surface area contributed by atoms with E-state index < -0.39 is 5.97 Å². The smallest absolute Gasteiger partial charge is 0.300 e. The quantitative estimate of drug-likeness (QED) is 0.332. The number of carboxylic acids is 1. The molecule has 1 atom stereocenters. The third-order valence-electron chi connectivity index (χ3n) is 2.01. The molecule has 1 aromatic rings. The van der Waals surface area contributed by atoms with E-state index in [0.717, 1.165) is 12.5 Å². The first-order chi connectivity index (χ1) is 8.06. The molecular weight excluding hydrogens is 224 g/mol. The summed E-state index contributed by atoms with van der Waals surface area (Å²) >= 11 is 0. The molecule has 0 saturated heterocycles. The number of fused-ring (bicyclic) bond motifs is 1. The Morgan fingerprint density at radius 3 is 2.65 bits per heavy atom. The fourth-order valence-electron chi connectivity index (χ4n) is 1.37. The van der Waals surface area contributed by atoms with Crippen LogP contribution in [0.2, 0.25) is 0 Å². The maximum absolute atomic E-state index is 11.3. The van der Waals surface area contributed by atoms with E-state index in [4.69, 9.17) is 15.7 Å². The van der Waals surface area contributed by atoms with Crippen LogP contribution in [0.15, 0.2) is 24.3 Å². The minimum absolute atomic E-state index is 0.137. The first-order valence-corrected chi connectivity index (χ1v) is 4.86. The highest BCUT2D eigenvalue weighted by Gasteiger charge is 2.22. The lowest BCUT2D eigenvalue weighted by molar-refractivity contribution is -0.134. The van der Waals surface area contributed by atoms with E-state index in [0.29, 0.717) is 5.56 Å². The third kappa shape index (κ3) is 3.52. The minimum Gasteiger partial charge on any atom is -0.481 e. The first kappa shape index (κ1) is 13.1. The predicted molar refractivity (Wildman–Crippen MR) is 60.4 cm³/mol. The van der Waals surface area contributed by atoms with E-state index in [1.165, 1.54) is 0 Å². The van der Waals surface area contributed by atoms with E-state index in [9.17, 15) is 4.79 Å². The van der Waals surface area contributed by atoms with Crippen molar-refractivity contribution in [2.75, 3.05) is 0 Å². The maximum atomic E-state index is 11.3. The van der Waals surface area contributed by atoms with Crippen molar-refractivity contribution in [1.82, 2.24) is 16.3 Å². The van der Waals surface area contributed by atoms with Crippen molar-refractivity contribution >= 4 is 11.9 Å². The maximum Gasteiger partial charge on any atom is 0.300 e. The third-order valence-corrected chi connectivity index (χ3v) is 2.01. The summed E-state index contributed by atoms with van der Waals surface area (Å²) in [5.41, 5.74) is 9.30. The number of hydrazine groups is 2. The molecule has 7 nitrogen and oxygen atoms in total. The lowest BCUT2D eigenvalue weighted by Crippen LogP contribution is -2.52. The van der Waals surface area contributed by atoms with Gasteiger partial charge in [0.05, 0.1) is 0 Å². The summed E-state index contributed by atoms with van der Waals surface area (Å²) in [4.78, 5) is 20.3. The normalized spacial score (nSPS) is 17.3. The van der Waals surface area contributed by atoms with Crippen LogP contribution in [0.4, 0.5) is 0 Å². The summed E-state index contributed by atoms with van der Waals surface area (Å²) in [5, 5.41) is 7.42. The summed E-state index contributed by atoms with van der Waals surface area (Å²) in [5.74, 6) is 4.33. The van der Waals surface area contributed by atoms with Gasteiger partial charge in [-0.2, -0.15) is 0 Å². The van der Waals surface area contributed by atoms with E-state index in [1.807, 2.05) is 18.2 Å². The number of carbonyl (C=O) groups is 2. The topological polar surface area (TPSA) is 116 Å². The zero-order valence-electron chi connectivity index (χ0n) is 9.23. The van der Waals surface area contributed by atoms with E-state index in [2.05, 4.69) is 16.3 Å². The molecule has 0 spiro atoms. The number of carboxylic acid groups (broad SMARTS) is 1. The van der Waals surface area contributed by atoms with E-state index >= 15 is 0 Å². The summed E-state index contributed by atoms with van der Waals surface area (Å²) in [7, 11) is 0. The van der Waals surface area contributed by atoms with Gasteiger partial charge in [-0.15, -0.1) is 0 Å². The second-order valence-corrected chi connectivity index (χ2v) is 3.30. The Labute approximate surface area is 97.9 Å². The summed E-state index contributed by atoms with van der Waals surface area (Å²) in [6.45, 7) is 1.08. The highest BCUT2D eigenvalue weighted by atomic mass is 16.4. The second-order valence-electron chi connectivity index (χ2n) is 3.30. The highest BCUT2D eigenvalue weighted by Crippen LogP contribution is 2.17. The lowest BCUT2D eigenvalue weighted by atomic mass is 10.0. The number of nitrogens with one attached hydrogen (secondary N) is 3. The summed E-state index contributed by atoms with van der Waals surface area (Å²) in [6, 6.07) is 7.29. The molecule has 0 bridgehead atoms. The summed E-state index contributed by atoms with van der Waals surface area (Å²) in [6.07, 6.45) is -0.228. The predicted octanol–water partition coefficient (Wildman–Crippen LogP) is -0.513. The Morgan fingerprint density at radius 1 is 1.47 bits per heavy atom. The second kappa shape index (κ2) is 5.94. The van der Waals surface area contributed by atoms with Gasteiger partial charge in [0, 0.05) is 12.5 Å². The molecule has 0 saturated carbocycles. The fraction of sp³-hybridized carbons (Fsp3) is 0.200. The molecule has 0 aliphatic carbocycles. The van der Waals surface area contributed by atoms with Crippen LogP contribution < -0.4 is 22.1 Å². The molecule has 17 heavy (non-hydrogen) atoms. The van der Waals surface area contributed by atoms with Crippen LogP contribution >= 0.6 is 0 Å². The molecule has 6 N–H and O–H groups in total. The molecule has 0 radical (unpaired) electrons. The van der Waals surface area contributed by atoms with Crippen molar-refractivity contribution in [2.45, 2.75) is 13.1 Å². The van der Waals surface area contributed by atoms with Gasteiger partial charge in [0.2, 0.25) is 0 Å². The Bertz CT molecular complexity index is 418. The fourth-order valence-corrected chi connectivity index (χ4v) is 1.37. The van der Waals surface area contributed by atoms with Gasteiger partial charge in [0.25, 0.3) is 11.9 Å². The van der Waals surface area contributed by atoms with Gasteiger partial charge in [-0.1, -0.05) is 18.2 Å². The Morgan fingerprint density at radius 2 is 2.06 bits per heavy atom. The molecule has 1 unspecified atom stereocenters. The molecule has 92 valence electrons. The van der Waals surface area contributed by atoms with Crippen LogP contribution in [-0.4, -0.2) is 17.0 Å². The Balaban J connectivity index is 0.000000317. The number of nitrogens with two attached hydrogens (primary N) is 1. The number of amides is 1. The van der Waals surface area contributed by atoms with Gasteiger partial charge >= 0.3 is 0 Å². The summed E-state index contributed by atoms with van der Waals surface area (Å²) < 4.78 is 0. The van der Waals surface area contributed by atoms with Crippen LogP contribution in [0.1, 0.15) is 29.0 Å². The van der Waals surface area contributed by atoms with Crippen LogP contribution in [0.5, 0.6) is 0 Å². The molecule has 1 aliphatic rings. The zero-order chi connectivity index (χ0) is 12.8.